The number of carboxylic acids is 1. The SMILES string of the molecule is CC(CCN1C(=O)/C(=C\c2ccc(-c3ccc(Br)cc3)o2)SC1=S)C(=O)O. The Balaban J connectivity index is 1.72. The Morgan fingerprint density at radius 2 is 2.04 bits per heavy atom. The van der Waals surface area contributed by atoms with Crippen LogP contribution in [0, 0.1) is 5.92 Å². The fourth-order valence-electron chi connectivity index (χ4n) is 2.47. The second-order valence-electron chi connectivity index (χ2n) is 6.07. The number of thioether (sulfide) groups is 1. The molecule has 8 heteroatoms. The zero-order valence-corrected chi connectivity index (χ0v) is 17.6. The van der Waals surface area contributed by atoms with Crippen LogP contribution in [0.25, 0.3) is 17.4 Å². The van der Waals surface area contributed by atoms with Crippen LogP contribution in [0.2, 0.25) is 0 Å². The summed E-state index contributed by atoms with van der Waals surface area (Å²) < 4.78 is 7.24. The van der Waals surface area contributed by atoms with Gasteiger partial charge < -0.3 is 9.52 Å². The van der Waals surface area contributed by atoms with Gasteiger partial charge in [0.05, 0.1) is 10.8 Å². The third-order valence-corrected chi connectivity index (χ3v) is 6.02. The lowest BCUT2D eigenvalue weighted by atomic mass is 10.1. The van der Waals surface area contributed by atoms with E-state index in [1.54, 1.807) is 19.1 Å². The second kappa shape index (κ2) is 8.41. The molecule has 1 unspecified atom stereocenters. The number of carbonyl (C=O) groups excluding carboxylic acids is 1. The average molecular weight is 466 g/mol. The van der Waals surface area contributed by atoms with E-state index in [-0.39, 0.29) is 12.5 Å². The van der Waals surface area contributed by atoms with E-state index >= 15 is 0 Å². The molecule has 2 aromatic rings. The minimum absolute atomic E-state index is 0.218. The average Bonchev–Trinajstić information content (AvgIpc) is 3.19. The van der Waals surface area contributed by atoms with E-state index in [1.807, 2.05) is 30.3 Å². The quantitative estimate of drug-likeness (QED) is 0.476. The molecule has 5 nitrogen and oxygen atoms in total. The van der Waals surface area contributed by atoms with Gasteiger partial charge in [-0.25, -0.2) is 0 Å². The highest BCUT2D eigenvalue weighted by molar-refractivity contribution is 9.10. The molecule has 0 radical (unpaired) electrons. The second-order valence-corrected chi connectivity index (χ2v) is 8.66. The molecular weight excluding hydrogens is 450 g/mol. The van der Waals surface area contributed by atoms with Crippen molar-refractivity contribution in [2.24, 2.45) is 5.92 Å². The Kier molecular flexibility index (Phi) is 6.18. The summed E-state index contributed by atoms with van der Waals surface area (Å²) in [5.41, 5.74) is 0.938. The van der Waals surface area contributed by atoms with Crippen molar-refractivity contribution in [2.45, 2.75) is 13.3 Å². The number of hydrogen-bond donors (Lipinski definition) is 1. The zero-order valence-electron chi connectivity index (χ0n) is 14.3. The van der Waals surface area contributed by atoms with Crippen molar-refractivity contribution < 1.29 is 19.1 Å². The van der Waals surface area contributed by atoms with Crippen LogP contribution < -0.4 is 0 Å². The highest BCUT2D eigenvalue weighted by Gasteiger charge is 2.32. The van der Waals surface area contributed by atoms with Crippen molar-refractivity contribution in [1.29, 1.82) is 0 Å². The van der Waals surface area contributed by atoms with E-state index in [0.29, 0.717) is 27.2 Å². The number of carbonyl (C=O) groups is 2. The number of halogens is 1. The summed E-state index contributed by atoms with van der Waals surface area (Å²) in [5, 5.41) is 8.98. The van der Waals surface area contributed by atoms with E-state index in [4.69, 9.17) is 21.7 Å². The van der Waals surface area contributed by atoms with Gasteiger partial charge in [0.2, 0.25) is 0 Å². The Morgan fingerprint density at radius 1 is 1.33 bits per heavy atom. The lowest BCUT2D eigenvalue weighted by Gasteiger charge is -2.15. The summed E-state index contributed by atoms with van der Waals surface area (Å²) in [6, 6.07) is 11.4. The molecule has 0 saturated carbocycles. The number of carboxylic acid groups (broad SMARTS) is 1. The number of hydrogen-bond acceptors (Lipinski definition) is 5. The molecular formula is C19H16BrNO4S2. The Bertz CT molecular complexity index is 920. The summed E-state index contributed by atoms with van der Waals surface area (Å²) in [4.78, 5) is 25.4. The highest BCUT2D eigenvalue weighted by atomic mass is 79.9. The summed E-state index contributed by atoms with van der Waals surface area (Å²) in [5.74, 6) is -0.361. The Hall–Kier alpha value is -1.90. The van der Waals surface area contributed by atoms with Gasteiger partial charge in [-0.3, -0.25) is 14.5 Å². The fourth-order valence-corrected chi connectivity index (χ4v) is 4.02. The van der Waals surface area contributed by atoms with Crippen LogP contribution >= 0.6 is 39.9 Å². The fraction of sp³-hybridized carbons (Fsp3) is 0.211. The predicted molar refractivity (Wildman–Crippen MR) is 113 cm³/mol. The van der Waals surface area contributed by atoms with Gasteiger partial charge in [0.15, 0.2) is 0 Å². The molecule has 1 aliphatic heterocycles. The maximum absolute atomic E-state index is 12.6. The molecule has 1 saturated heterocycles. The highest BCUT2D eigenvalue weighted by Crippen LogP contribution is 2.34. The minimum Gasteiger partial charge on any atom is -0.481 e. The largest absolute Gasteiger partial charge is 0.481 e. The van der Waals surface area contributed by atoms with Crippen LogP contribution in [-0.4, -0.2) is 32.7 Å². The van der Waals surface area contributed by atoms with Gasteiger partial charge in [0, 0.05) is 22.7 Å². The van der Waals surface area contributed by atoms with Crippen molar-refractivity contribution >= 4 is 62.2 Å². The number of aliphatic carboxylic acids is 1. The monoisotopic (exact) mass is 465 g/mol. The number of nitrogens with zero attached hydrogens (tertiary/aromatic N) is 1. The third kappa shape index (κ3) is 4.69. The molecule has 1 amide bonds. The number of furan rings is 1. The molecule has 1 aliphatic rings. The van der Waals surface area contributed by atoms with Crippen LogP contribution in [0.5, 0.6) is 0 Å². The summed E-state index contributed by atoms with van der Waals surface area (Å²) in [6.45, 7) is 1.90. The normalized spacial score (nSPS) is 17.0. The van der Waals surface area contributed by atoms with Gasteiger partial charge in [0.1, 0.15) is 15.8 Å². The van der Waals surface area contributed by atoms with E-state index in [1.165, 1.54) is 16.7 Å². The molecule has 1 atom stereocenters. The molecule has 1 N–H and O–H groups in total. The van der Waals surface area contributed by atoms with Crippen LogP contribution in [0.4, 0.5) is 0 Å². The van der Waals surface area contributed by atoms with Crippen LogP contribution in [-0.2, 0) is 9.59 Å². The standard InChI is InChI=1S/C19H16BrNO4S2/c1-11(18(23)24)8-9-21-17(22)16(27-19(21)26)10-14-6-7-15(25-14)12-2-4-13(20)5-3-12/h2-7,10-11H,8-9H2,1H3,(H,23,24)/b16-10+. The van der Waals surface area contributed by atoms with E-state index < -0.39 is 11.9 Å². The van der Waals surface area contributed by atoms with Crippen molar-refractivity contribution in [1.82, 2.24) is 4.90 Å². The van der Waals surface area contributed by atoms with Crippen molar-refractivity contribution in [3.63, 3.8) is 0 Å². The first-order valence-corrected chi connectivity index (χ1v) is 10.2. The molecule has 0 aliphatic carbocycles. The van der Waals surface area contributed by atoms with Gasteiger partial charge in [-0.15, -0.1) is 0 Å². The van der Waals surface area contributed by atoms with Gasteiger partial charge in [0.25, 0.3) is 5.91 Å². The minimum atomic E-state index is -0.882. The molecule has 140 valence electrons. The van der Waals surface area contributed by atoms with Gasteiger partial charge in [-0.1, -0.05) is 59.0 Å². The van der Waals surface area contributed by atoms with Crippen LogP contribution in [0.3, 0.4) is 0 Å². The van der Waals surface area contributed by atoms with Gasteiger partial charge in [-0.05, 0) is 30.7 Å². The molecule has 0 bridgehead atoms. The number of benzene rings is 1. The number of thiocarbonyl (C=S) groups is 1. The molecule has 1 aromatic carbocycles. The van der Waals surface area contributed by atoms with E-state index in [9.17, 15) is 9.59 Å². The van der Waals surface area contributed by atoms with Crippen molar-refractivity contribution in [3.05, 3.63) is 51.5 Å². The smallest absolute Gasteiger partial charge is 0.306 e. The number of amides is 1. The van der Waals surface area contributed by atoms with E-state index in [0.717, 1.165) is 10.0 Å². The van der Waals surface area contributed by atoms with Crippen LogP contribution in [0.1, 0.15) is 19.1 Å². The predicted octanol–water partition coefficient (Wildman–Crippen LogP) is 5.02. The van der Waals surface area contributed by atoms with Crippen molar-refractivity contribution in [3.8, 4) is 11.3 Å². The maximum atomic E-state index is 12.6. The Labute approximate surface area is 174 Å². The number of rotatable bonds is 6. The molecule has 1 aromatic heterocycles. The Morgan fingerprint density at radius 3 is 2.70 bits per heavy atom. The van der Waals surface area contributed by atoms with Crippen LogP contribution in [0.15, 0.2) is 50.2 Å². The van der Waals surface area contributed by atoms with Crippen molar-refractivity contribution in [2.75, 3.05) is 6.54 Å². The van der Waals surface area contributed by atoms with Gasteiger partial charge >= 0.3 is 5.97 Å². The molecule has 1 fully saturated rings. The topological polar surface area (TPSA) is 70.8 Å². The zero-order chi connectivity index (χ0) is 19.6. The molecule has 2 heterocycles. The third-order valence-electron chi connectivity index (χ3n) is 4.11. The molecule has 0 spiro atoms. The molecule has 3 rings (SSSR count). The first kappa shape index (κ1) is 19.9. The van der Waals surface area contributed by atoms with E-state index in [2.05, 4.69) is 15.9 Å². The summed E-state index contributed by atoms with van der Waals surface area (Å²) >= 11 is 9.87. The van der Waals surface area contributed by atoms with Gasteiger partial charge in [-0.2, -0.15) is 0 Å². The first-order chi connectivity index (χ1) is 12.8. The lowest BCUT2D eigenvalue weighted by Crippen LogP contribution is -2.31. The summed E-state index contributed by atoms with van der Waals surface area (Å²) in [6.07, 6.45) is 2.02. The summed E-state index contributed by atoms with van der Waals surface area (Å²) in [7, 11) is 0. The maximum Gasteiger partial charge on any atom is 0.306 e. The lowest BCUT2D eigenvalue weighted by molar-refractivity contribution is -0.141. The molecule has 27 heavy (non-hydrogen) atoms. The first-order valence-electron chi connectivity index (χ1n) is 8.19.